The molecule has 0 N–H and O–H groups in total. The lowest BCUT2D eigenvalue weighted by Crippen LogP contribution is -2.50. The van der Waals surface area contributed by atoms with Gasteiger partial charge in [0.1, 0.15) is 0 Å². The zero-order valence-corrected chi connectivity index (χ0v) is 12.5. The first-order valence-corrected chi connectivity index (χ1v) is 7.14. The molecule has 0 saturated heterocycles. The highest BCUT2D eigenvalue weighted by molar-refractivity contribution is 9.10. The molecular weight excluding hydrogens is 276 g/mol. The monoisotopic (exact) mass is 296 g/mol. The number of rotatable bonds is 1. The fourth-order valence-corrected chi connectivity index (χ4v) is 4.26. The van der Waals surface area contributed by atoms with Crippen molar-refractivity contribution in [2.24, 2.45) is 17.3 Å². The Morgan fingerprint density at radius 2 is 2.18 bits per heavy atom. The largest absolute Gasteiger partial charge is 0.293 e. The molecule has 0 aromatic heterocycles. The molecule has 1 nitrogen and oxygen atoms in total. The van der Waals surface area contributed by atoms with Crippen molar-refractivity contribution in [3.63, 3.8) is 0 Å². The van der Waals surface area contributed by atoms with Crippen molar-refractivity contribution < 1.29 is 4.79 Å². The Labute approximate surface area is 112 Å². The molecule has 0 aromatic carbocycles. The van der Waals surface area contributed by atoms with Crippen molar-refractivity contribution in [1.82, 2.24) is 0 Å². The van der Waals surface area contributed by atoms with Crippen LogP contribution in [0.15, 0.2) is 24.3 Å². The lowest BCUT2D eigenvalue weighted by Gasteiger charge is -2.50. The topological polar surface area (TPSA) is 17.1 Å². The second-order valence-electron chi connectivity index (χ2n) is 6.15. The maximum atomic E-state index is 12.0. The summed E-state index contributed by atoms with van der Waals surface area (Å²) in [6.07, 6.45) is 7.33. The molecule has 2 aliphatic carbocycles. The van der Waals surface area contributed by atoms with Gasteiger partial charge in [0.2, 0.25) is 0 Å². The third-order valence-electron chi connectivity index (χ3n) is 4.80. The van der Waals surface area contributed by atoms with Crippen LogP contribution < -0.4 is 0 Å². The van der Waals surface area contributed by atoms with Crippen LogP contribution in [0.4, 0.5) is 0 Å². The van der Waals surface area contributed by atoms with Gasteiger partial charge in [0.25, 0.3) is 0 Å². The van der Waals surface area contributed by atoms with Crippen molar-refractivity contribution in [3.05, 3.63) is 24.3 Å². The molecule has 0 spiro atoms. The summed E-state index contributed by atoms with van der Waals surface area (Å²) in [5.41, 5.74) is 1.43. The van der Waals surface area contributed by atoms with Gasteiger partial charge in [-0.1, -0.05) is 41.1 Å². The standard InChI is InChI=1S/C15H21BrO/c1-10(2)11-5-7-14(3)8-6-13(17)15(4,16)12(14)9-11/h6,8,11-12H,1,5,7,9H2,2-4H3/t11-,12+,14-,15-/m0/s1. The van der Waals surface area contributed by atoms with Crippen LogP contribution in [0.2, 0.25) is 0 Å². The minimum Gasteiger partial charge on any atom is -0.293 e. The highest BCUT2D eigenvalue weighted by Gasteiger charge is 2.52. The first kappa shape index (κ1) is 13.1. The fourth-order valence-electron chi connectivity index (χ4n) is 3.42. The van der Waals surface area contributed by atoms with Crippen molar-refractivity contribution in [2.75, 3.05) is 0 Å². The number of carbonyl (C=O) groups excluding carboxylic acids is 1. The number of hydrogen-bond donors (Lipinski definition) is 0. The van der Waals surface area contributed by atoms with Gasteiger partial charge in [-0.3, -0.25) is 4.79 Å². The first-order chi connectivity index (χ1) is 7.77. The first-order valence-electron chi connectivity index (χ1n) is 6.35. The van der Waals surface area contributed by atoms with Gasteiger partial charge in [-0.2, -0.15) is 0 Å². The zero-order valence-electron chi connectivity index (χ0n) is 10.9. The fraction of sp³-hybridized carbons (Fsp3) is 0.667. The van der Waals surface area contributed by atoms with E-state index in [-0.39, 0.29) is 11.2 Å². The molecule has 1 saturated carbocycles. The average Bonchev–Trinajstić information content (AvgIpc) is 2.24. The van der Waals surface area contributed by atoms with E-state index in [1.807, 2.05) is 6.92 Å². The average molecular weight is 297 g/mol. The molecule has 0 bridgehead atoms. The normalized spacial score (nSPS) is 45.5. The van der Waals surface area contributed by atoms with Gasteiger partial charge >= 0.3 is 0 Å². The summed E-state index contributed by atoms with van der Waals surface area (Å²) in [6.45, 7) is 10.5. The molecule has 0 unspecified atom stereocenters. The van der Waals surface area contributed by atoms with E-state index in [1.165, 1.54) is 12.0 Å². The third-order valence-corrected chi connectivity index (χ3v) is 5.74. The summed E-state index contributed by atoms with van der Waals surface area (Å²) in [4.78, 5) is 12.0. The maximum absolute atomic E-state index is 12.0. The molecule has 0 radical (unpaired) electrons. The third kappa shape index (κ3) is 2.05. The Bertz CT molecular complexity index is 394. The van der Waals surface area contributed by atoms with Crippen LogP contribution in [0.25, 0.3) is 0 Å². The summed E-state index contributed by atoms with van der Waals surface area (Å²) >= 11 is 3.68. The van der Waals surface area contributed by atoms with E-state index in [2.05, 4.69) is 42.4 Å². The summed E-state index contributed by atoms with van der Waals surface area (Å²) in [5.74, 6) is 1.16. The molecule has 4 atom stereocenters. The van der Waals surface area contributed by atoms with E-state index in [4.69, 9.17) is 0 Å². The van der Waals surface area contributed by atoms with E-state index in [0.717, 1.165) is 12.8 Å². The molecule has 0 aromatic rings. The van der Waals surface area contributed by atoms with Crippen LogP contribution in [0.3, 0.4) is 0 Å². The predicted octanol–water partition coefficient (Wildman–Crippen LogP) is 4.28. The van der Waals surface area contributed by atoms with Gasteiger partial charge in [0.15, 0.2) is 5.78 Å². The van der Waals surface area contributed by atoms with Crippen molar-refractivity contribution in [2.45, 2.75) is 44.4 Å². The highest BCUT2D eigenvalue weighted by atomic mass is 79.9. The molecule has 0 amide bonds. The molecule has 2 heteroatoms. The lowest BCUT2D eigenvalue weighted by molar-refractivity contribution is -0.120. The van der Waals surface area contributed by atoms with Gasteiger partial charge < -0.3 is 0 Å². The molecule has 94 valence electrons. The van der Waals surface area contributed by atoms with E-state index in [0.29, 0.717) is 11.8 Å². The predicted molar refractivity (Wildman–Crippen MR) is 75.2 cm³/mol. The zero-order chi connectivity index (χ0) is 12.8. The molecule has 17 heavy (non-hydrogen) atoms. The van der Waals surface area contributed by atoms with E-state index in [9.17, 15) is 4.79 Å². The van der Waals surface area contributed by atoms with Gasteiger partial charge in [-0.05, 0) is 56.4 Å². The number of allylic oxidation sites excluding steroid dienone is 3. The SMILES string of the molecule is C=C(C)[C@H]1CC[C@@]2(C)C=CC(=O)[C@@](C)(Br)[C@@H]2C1. The second kappa shape index (κ2) is 4.08. The molecule has 0 heterocycles. The molecule has 0 aliphatic heterocycles. The Balaban J connectivity index is 2.35. The summed E-state index contributed by atoms with van der Waals surface area (Å²) in [6, 6.07) is 0. The minimum atomic E-state index is -0.398. The lowest BCUT2D eigenvalue weighted by atomic mass is 9.57. The summed E-state index contributed by atoms with van der Waals surface area (Å²) in [7, 11) is 0. The van der Waals surface area contributed by atoms with E-state index >= 15 is 0 Å². The van der Waals surface area contributed by atoms with Crippen molar-refractivity contribution in [1.29, 1.82) is 0 Å². The Morgan fingerprint density at radius 1 is 1.53 bits per heavy atom. The van der Waals surface area contributed by atoms with E-state index in [1.54, 1.807) is 6.08 Å². The minimum absolute atomic E-state index is 0.165. The van der Waals surface area contributed by atoms with Crippen molar-refractivity contribution >= 4 is 21.7 Å². The van der Waals surface area contributed by atoms with Gasteiger partial charge in [-0.15, -0.1) is 0 Å². The van der Waals surface area contributed by atoms with Crippen LogP contribution in [0.5, 0.6) is 0 Å². The summed E-state index contributed by atoms with van der Waals surface area (Å²) in [5, 5.41) is 0. The van der Waals surface area contributed by atoms with Gasteiger partial charge in [-0.25, -0.2) is 0 Å². The number of fused-ring (bicyclic) bond motifs is 1. The highest BCUT2D eigenvalue weighted by Crippen LogP contribution is 2.55. The summed E-state index contributed by atoms with van der Waals surface area (Å²) < 4.78 is -0.398. The Kier molecular flexibility index (Phi) is 3.14. The number of hydrogen-bond acceptors (Lipinski definition) is 1. The van der Waals surface area contributed by atoms with Crippen LogP contribution in [0, 0.1) is 17.3 Å². The molecule has 2 rings (SSSR count). The Hall–Kier alpha value is -0.370. The molecule has 1 fully saturated rings. The van der Waals surface area contributed by atoms with E-state index < -0.39 is 4.32 Å². The number of carbonyl (C=O) groups is 1. The van der Waals surface area contributed by atoms with Crippen LogP contribution in [-0.4, -0.2) is 10.1 Å². The maximum Gasteiger partial charge on any atom is 0.172 e. The van der Waals surface area contributed by atoms with Gasteiger partial charge in [0.05, 0.1) is 4.32 Å². The smallest absolute Gasteiger partial charge is 0.172 e. The number of halogens is 1. The van der Waals surface area contributed by atoms with Crippen LogP contribution in [-0.2, 0) is 4.79 Å². The van der Waals surface area contributed by atoms with Crippen molar-refractivity contribution in [3.8, 4) is 0 Å². The molecular formula is C15H21BrO. The quantitative estimate of drug-likeness (QED) is 0.521. The molecule has 2 aliphatic rings. The van der Waals surface area contributed by atoms with Crippen LogP contribution >= 0.6 is 15.9 Å². The number of ketones is 1. The van der Waals surface area contributed by atoms with Crippen LogP contribution in [0.1, 0.15) is 40.0 Å². The van der Waals surface area contributed by atoms with Gasteiger partial charge in [0, 0.05) is 0 Å². The Morgan fingerprint density at radius 3 is 2.76 bits per heavy atom. The number of alkyl halides is 1. The second-order valence-corrected chi connectivity index (χ2v) is 7.80.